The zero-order valence-electron chi connectivity index (χ0n) is 18.3. The topological polar surface area (TPSA) is 84.3 Å². The first-order chi connectivity index (χ1) is 14.2. The number of carbonyl (C=O) groups is 1. The minimum absolute atomic E-state index is 0.0288. The number of amides is 1. The van der Waals surface area contributed by atoms with Crippen LogP contribution >= 0.6 is 11.6 Å². The Kier molecular flexibility index (Phi) is 7.26. The quantitative estimate of drug-likeness (QED) is 0.423. The van der Waals surface area contributed by atoms with Crippen molar-refractivity contribution in [1.29, 1.82) is 5.41 Å². The fraction of sp³-hybridized carbons (Fsp3) is 0.409. The molecule has 1 heterocycles. The Morgan fingerprint density at radius 2 is 1.81 bits per heavy atom. The lowest BCUT2D eigenvalue weighted by Gasteiger charge is -2.23. The lowest BCUT2D eigenvalue weighted by molar-refractivity contribution is 0.0635. The van der Waals surface area contributed by atoms with Crippen molar-refractivity contribution in [2.24, 2.45) is 0 Å². The van der Waals surface area contributed by atoms with Gasteiger partial charge >= 0.3 is 6.09 Å². The first kappa shape index (κ1) is 24.5. The van der Waals surface area contributed by atoms with E-state index in [4.69, 9.17) is 26.5 Å². The van der Waals surface area contributed by atoms with Gasteiger partial charge in [-0.25, -0.2) is 14.2 Å². The molecule has 1 amide bonds. The summed E-state index contributed by atoms with van der Waals surface area (Å²) in [5, 5.41) is 10.7. The van der Waals surface area contributed by atoms with Crippen LogP contribution in [0, 0.1) is 17.2 Å². The molecule has 0 saturated heterocycles. The van der Waals surface area contributed by atoms with Gasteiger partial charge in [-0.05, 0) is 44.4 Å². The van der Waals surface area contributed by atoms with Gasteiger partial charge in [0.1, 0.15) is 29.6 Å². The van der Waals surface area contributed by atoms with E-state index in [9.17, 15) is 13.6 Å². The van der Waals surface area contributed by atoms with E-state index in [0.717, 1.165) is 6.07 Å². The highest BCUT2D eigenvalue weighted by Gasteiger charge is 2.23. The van der Waals surface area contributed by atoms with Gasteiger partial charge in [-0.2, -0.15) is 4.39 Å². The molecule has 9 heteroatoms. The van der Waals surface area contributed by atoms with Gasteiger partial charge in [-0.1, -0.05) is 32.4 Å². The van der Waals surface area contributed by atoms with Gasteiger partial charge in [0.15, 0.2) is 0 Å². The molecule has 2 N–H and O–H groups in total. The Balaban J connectivity index is 2.26. The SMILES string of the molecule is CC(C)(C)OC(=O)Nc1nc(F)ccc1C(=N)COc1cc(F)c(Cl)cc1C(C)(C)C. The maximum Gasteiger partial charge on any atom is 0.413 e. The van der Waals surface area contributed by atoms with E-state index in [1.807, 2.05) is 20.8 Å². The Hall–Kier alpha value is -2.74. The number of carbonyl (C=O) groups excluding carboxylic acids is 1. The number of hydrogen-bond acceptors (Lipinski definition) is 5. The van der Waals surface area contributed by atoms with Crippen molar-refractivity contribution in [3.05, 3.63) is 52.2 Å². The second-order valence-corrected chi connectivity index (χ2v) is 9.34. The maximum atomic E-state index is 14.0. The van der Waals surface area contributed by atoms with E-state index in [1.165, 1.54) is 18.2 Å². The average molecular weight is 454 g/mol. The van der Waals surface area contributed by atoms with Gasteiger partial charge in [0.25, 0.3) is 0 Å². The highest BCUT2D eigenvalue weighted by atomic mass is 35.5. The number of aromatic nitrogens is 1. The summed E-state index contributed by atoms with van der Waals surface area (Å²) in [6.45, 7) is 10.5. The van der Waals surface area contributed by atoms with Gasteiger partial charge in [0.2, 0.25) is 5.95 Å². The van der Waals surface area contributed by atoms with Gasteiger partial charge in [-0.15, -0.1) is 0 Å². The molecule has 31 heavy (non-hydrogen) atoms. The largest absolute Gasteiger partial charge is 0.487 e. The number of benzene rings is 1. The van der Waals surface area contributed by atoms with Crippen LogP contribution in [0.5, 0.6) is 5.75 Å². The van der Waals surface area contributed by atoms with Crippen LogP contribution in [0.15, 0.2) is 24.3 Å². The van der Waals surface area contributed by atoms with Crippen LogP contribution in [0.4, 0.5) is 19.4 Å². The first-order valence-electron chi connectivity index (χ1n) is 9.54. The van der Waals surface area contributed by atoms with Crippen LogP contribution < -0.4 is 10.1 Å². The summed E-state index contributed by atoms with van der Waals surface area (Å²) in [5.74, 6) is -1.43. The van der Waals surface area contributed by atoms with Crippen molar-refractivity contribution in [1.82, 2.24) is 4.98 Å². The zero-order chi connectivity index (χ0) is 23.6. The van der Waals surface area contributed by atoms with Crippen LogP contribution in [-0.4, -0.2) is 29.0 Å². The summed E-state index contributed by atoms with van der Waals surface area (Å²) in [4.78, 5) is 15.7. The van der Waals surface area contributed by atoms with E-state index in [-0.39, 0.29) is 34.5 Å². The Morgan fingerprint density at radius 3 is 2.39 bits per heavy atom. The lowest BCUT2D eigenvalue weighted by atomic mass is 9.86. The highest BCUT2D eigenvalue weighted by Crippen LogP contribution is 2.35. The number of pyridine rings is 1. The predicted octanol–water partition coefficient (Wildman–Crippen LogP) is 6.10. The monoisotopic (exact) mass is 453 g/mol. The molecule has 168 valence electrons. The smallest absolute Gasteiger partial charge is 0.413 e. The van der Waals surface area contributed by atoms with Crippen LogP contribution in [0.2, 0.25) is 5.02 Å². The third-order valence-corrected chi connectivity index (χ3v) is 4.30. The molecule has 0 spiro atoms. The number of rotatable bonds is 5. The Labute approximate surface area is 185 Å². The molecule has 2 aromatic rings. The lowest BCUT2D eigenvalue weighted by Crippen LogP contribution is -2.28. The number of anilines is 1. The number of halogens is 3. The fourth-order valence-corrected chi connectivity index (χ4v) is 2.80. The van der Waals surface area contributed by atoms with E-state index < -0.39 is 28.9 Å². The number of nitrogens with zero attached hydrogens (tertiary/aromatic N) is 1. The van der Waals surface area contributed by atoms with Crippen molar-refractivity contribution in [2.45, 2.75) is 52.6 Å². The molecule has 0 saturated carbocycles. The molecular weight excluding hydrogens is 428 g/mol. The normalized spacial score (nSPS) is 11.8. The second kappa shape index (κ2) is 9.18. The van der Waals surface area contributed by atoms with Crippen LogP contribution in [0.3, 0.4) is 0 Å². The molecule has 1 aromatic heterocycles. The van der Waals surface area contributed by atoms with Crippen LogP contribution in [0.25, 0.3) is 0 Å². The van der Waals surface area contributed by atoms with Crippen LogP contribution in [-0.2, 0) is 10.2 Å². The summed E-state index contributed by atoms with van der Waals surface area (Å²) in [7, 11) is 0. The van der Waals surface area contributed by atoms with Gasteiger partial charge in [-0.3, -0.25) is 5.32 Å². The Bertz CT molecular complexity index is 999. The van der Waals surface area contributed by atoms with E-state index in [0.29, 0.717) is 5.56 Å². The third-order valence-electron chi connectivity index (χ3n) is 4.01. The third kappa shape index (κ3) is 6.89. The molecular formula is C22H26ClF2N3O3. The molecule has 2 rings (SSSR count). The first-order valence-corrected chi connectivity index (χ1v) is 9.92. The molecule has 1 aromatic carbocycles. The molecule has 0 aliphatic heterocycles. The number of hydrogen-bond donors (Lipinski definition) is 2. The fourth-order valence-electron chi connectivity index (χ4n) is 2.64. The molecule has 6 nitrogen and oxygen atoms in total. The average Bonchev–Trinajstić information content (AvgIpc) is 2.59. The second-order valence-electron chi connectivity index (χ2n) is 8.94. The van der Waals surface area contributed by atoms with Crippen molar-refractivity contribution < 1.29 is 23.0 Å². The van der Waals surface area contributed by atoms with Gasteiger partial charge < -0.3 is 14.9 Å². The molecule has 0 radical (unpaired) electrons. The summed E-state index contributed by atoms with van der Waals surface area (Å²) >= 11 is 5.91. The minimum Gasteiger partial charge on any atom is -0.487 e. The molecule has 0 bridgehead atoms. The van der Waals surface area contributed by atoms with Gasteiger partial charge in [0.05, 0.1) is 10.7 Å². The van der Waals surface area contributed by atoms with Crippen LogP contribution in [0.1, 0.15) is 52.7 Å². The Morgan fingerprint density at radius 1 is 1.16 bits per heavy atom. The summed E-state index contributed by atoms with van der Waals surface area (Å²) in [6.07, 6.45) is -0.838. The summed E-state index contributed by atoms with van der Waals surface area (Å²) < 4.78 is 38.5. The molecule has 0 aliphatic carbocycles. The highest BCUT2D eigenvalue weighted by molar-refractivity contribution is 6.30. The van der Waals surface area contributed by atoms with E-state index in [2.05, 4.69) is 10.3 Å². The molecule has 0 atom stereocenters. The molecule has 0 unspecified atom stereocenters. The van der Waals surface area contributed by atoms with Crippen molar-refractivity contribution in [3.8, 4) is 5.75 Å². The maximum absolute atomic E-state index is 14.0. The van der Waals surface area contributed by atoms with E-state index in [1.54, 1.807) is 20.8 Å². The number of ether oxygens (including phenoxy) is 2. The van der Waals surface area contributed by atoms with E-state index >= 15 is 0 Å². The standard InChI is InChI=1S/C22H26ClF2N3O3/c1-21(2,3)13-9-14(23)15(24)10-17(13)30-11-16(26)12-7-8-18(25)27-19(12)28-20(29)31-22(4,5)6/h7-10,26H,11H2,1-6H3,(H,27,28,29). The van der Waals surface area contributed by atoms with Crippen molar-refractivity contribution >= 4 is 29.2 Å². The molecule has 0 fully saturated rings. The van der Waals surface area contributed by atoms with Crippen molar-refractivity contribution in [2.75, 3.05) is 11.9 Å². The minimum atomic E-state index is -0.838. The zero-order valence-corrected chi connectivity index (χ0v) is 19.1. The molecule has 0 aliphatic rings. The summed E-state index contributed by atoms with van der Waals surface area (Å²) in [6, 6.07) is 5.02. The van der Waals surface area contributed by atoms with Crippen molar-refractivity contribution in [3.63, 3.8) is 0 Å². The predicted molar refractivity (Wildman–Crippen MR) is 116 cm³/mol. The summed E-state index contributed by atoms with van der Waals surface area (Å²) in [5.41, 5.74) is -0.463. The number of nitrogens with one attached hydrogen (secondary N) is 2. The van der Waals surface area contributed by atoms with Gasteiger partial charge in [0, 0.05) is 17.2 Å².